The highest BCUT2D eigenvalue weighted by molar-refractivity contribution is 6.27. The average Bonchev–Trinajstić information content (AvgIpc) is 2.94. The Balaban J connectivity index is 0.000000258. The quantitative estimate of drug-likeness (QED) is 0.271. The van der Waals surface area contributed by atoms with Gasteiger partial charge < -0.3 is 25.7 Å². The number of rotatable bonds is 0. The molecule has 9 nitrogen and oxygen atoms in total. The molecule has 19 heavy (non-hydrogen) atoms. The lowest BCUT2D eigenvalue weighted by Crippen LogP contribution is -2.20. The minimum Gasteiger partial charge on any atom is -0.473 e. The largest absolute Gasteiger partial charge is 0.473 e. The molecule has 1 aliphatic carbocycles. The smallest absolute Gasteiger partial charge is 0.414 e. The first-order valence-corrected chi connectivity index (χ1v) is 5.08. The highest BCUT2D eigenvalue weighted by atomic mass is 16.4. The molecule has 2 bridgehead atoms. The van der Waals surface area contributed by atoms with Crippen molar-refractivity contribution < 1.29 is 39.6 Å². The van der Waals surface area contributed by atoms with Gasteiger partial charge in [0.25, 0.3) is 0 Å². The van der Waals surface area contributed by atoms with Crippen LogP contribution in [0.25, 0.3) is 0 Å². The van der Waals surface area contributed by atoms with E-state index >= 15 is 0 Å². The number of hydrogen-bond donors (Lipinski definition) is 5. The van der Waals surface area contributed by atoms with Gasteiger partial charge in [-0.25, -0.2) is 19.2 Å². The molecule has 106 valence electrons. The van der Waals surface area contributed by atoms with E-state index in [1.807, 2.05) is 0 Å². The van der Waals surface area contributed by atoms with Crippen molar-refractivity contribution in [3.63, 3.8) is 0 Å². The second-order valence-electron chi connectivity index (χ2n) is 3.62. The maximum absolute atomic E-state index is 9.10. The molecule has 2 rings (SSSR count). The summed E-state index contributed by atoms with van der Waals surface area (Å²) < 4.78 is 0. The molecule has 1 fully saturated rings. The maximum atomic E-state index is 9.10. The fourth-order valence-electron chi connectivity index (χ4n) is 1.38. The van der Waals surface area contributed by atoms with Gasteiger partial charge in [-0.15, -0.1) is 0 Å². The van der Waals surface area contributed by atoms with E-state index in [-0.39, 0.29) is 0 Å². The average molecular weight is 275 g/mol. The van der Waals surface area contributed by atoms with Gasteiger partial charge in [-0.1, -0.05) is 12.2 Å². The van der Waals surface area contributed by atoms with Crippen LogP contribution in [0.1, 0.15) is 6.42 Å². The lowest BCUT2D eigenvalue weighted by atomic mass is 10.2. The van der Waals surface area contributed by atoms with Gasteiger partial charge in [0.1, 0.15) is 0 Å². The van der Waals surface area contributed by atoms with Crippen LogP contribution < -0.4 is 5.32 Å². The lowest BCUT2D eigenvalue weighted by Gasteiger charge is -2.00. The summed E-state index contributed by atoms with van der Waals surface area (Å²) in [5.74, 6) is -6.42. The van der Waals surface area contributed by atoms with Gasteiger partial charge in [0.05, 0.1) is 0 Å². The summed E-state index contributed by atoms with van der Waals surface area (Å²) in [6.07, 6.45) is 5.95. The second-order valence-corrected chi connectivity index (χ2v) is 3.62. The van der Waals surface area contributed by atoms with E-state index in [2.05, 4.69) is 17.5 Å². The van der Waals surface area contributed by atoms with E-state index < -0.39 is 23.9 Å². The third kappa shape index (κ3) is 7.49. The van der Waals surface area contributed by atoms with E-state index in [1.54, 1.807) is 0 Å². The number of nitrogens with one attached hydrogen (secondary N) is 1. The Bertz CT molecular complexity index is 342. The lowest BCUT2D eigenvalue weighted by molar-refractivity contribution is -0.159. The molecule has 0 amide bonds. The molecule has 2 atom stereocenters. The van der Waals surface area contributed by atoms with Crippen molar-refractivity contribution in [1.29, 1.82) is 0 Å². The van der Waals surface area contributed by atoms with Crippen LogP contribution in [0.5, 0.6) is 0 Å². The minimum absolute atomic E-state index is 0.741. The molecular weight excluding hydrogens is 262 g/mol. The zero-order chi connectivity index (χ0) is 15.0. The summed E-state index contributed by atoms with van der Waals surface area (Å²) in [7, 11) is 0. The highest BCUT2D eigenvalue weighted by Gasteiger charge is 2.24. The molecule has 0 aromatic heterocycles. The molecule has 5 N–H and O–H groups in total. The fourth-order valence-corrected chi connectivity index (χ4v) is 1.38. The maximum Gasteiger partial charge on any atom is 0.414 e. The zero-order valence-electron chi connectivity index (χ0n) is 9.65. The Hall–Kier alpha value is -2.42. The van der Waals surface area contributed by atoms with Crippen molar-refractivity contribution >= 4 is 23.9 Å². The van der Waals surface area contributed by atoms with Gasteiger partial charge in [-0.2, -0.15) is 0 Å². The minimum atomic E-state index is -1.82. The molecule has 0 radical (unpaired) electrons. The summed E-state index contributed by atoms with van der Waals surface area (Å²) in [6, 6.07) is 0.741. The normalized spacial score (nSPS) is 21.5. The molecule has 1 saturated heterocycles. The first-order valence-electron chi connectivity index (χ1n) is 5.08. The zero-order valence-corrected chi connectivity index (χ0v) is 9.65. The van der Waals surface area contributed by atoms with Crippen LogP contribution in [0.4, 0.5) is 0 Å². The van der Waals surface area contributed by atoms with Gasteiger partial charge in [0, 0.05) is 12.6 Å². The number of carboxylic acids is 4. The molecular formula is C10H13NO8. The van der Waals surface area contributed by atoms with Gasteiger partial charge in [0.15, 0.2) is 0 Å². The van der Waals surface area contributed by atoms with E-state index in [1.165, 1.54) is 13.0 Å². The number of aliphatic carboxylic acids is 4. The Kier molecular flexibility index (Phi) is 6.82. The van der Waals surface area contributed by atoms with Crippen molar-refractivity contribution in [2.75, 3.05) is 6.54 Å². The molecule has 2 aliphatic rings. The third-order valence-electron chi connectivity index (χ3n) is 2.18. The summed E-state index contributed by atoms with van der Waals surface area (Å²) >= 11 is 0. The first-order chi connectivity index (χ1) is 8.73. The Morgan fingerprint density at radius 1 is 0.842 bits per heavy atom. The molecule has 0 aromatic rings. The number of fused-ring (bicyclic) bond motifs is 2. The Morgan fingerprint density at radius 3 is 1.32 bits per heavy atom. The van der Waals surface area contributed by atoms with Gasteiger partial charge >= 0.3 is 23.9 Å². The van der Waals surface area contributed by atoms with Gasteiger partial charge in [-0.3, -0.25) is 0 Å². The molecule has 0 aromatic carbocycles. The van der Waals surface area contributed by atoms with Crippen LogP contribution >= 0.6 is 0 Å². The predicted molar refractivity (Wildman–Crippen MR) is 59.6 cm³/mol. The van der Waals surface area contributed by atoms with E-state index in [4.69, 9.17) is 39.6 Å². The highest BCUT2D eigenvalue weighted by Crippen LogP contribution is 2.22. The second kappa shape index (κ2) is 7.82. The Morgan fingerprint density at radius 2 is 1.26 bits per heavy atom. The summed E-state index contributed by atoms with van der Waals surface area (Å²) in [5.41, 5.74) is 0. The van der Waals surface area contributed by atoms with Crippen LogP contribution in [0.15, 0.2) is 12.2 Å². The van der Waals surface area contributed by atoms with Crippen molar-refractivity contribution in [3.8, 4) is 0 Å². The standard InChI is InChI=1S/C6H9N.2C2H2O4/c1-2-6-3-5(1)4-7-6;2*3-1(4)2(5)6/h1-2,5-7H,3-4H2;2*(H,3,4)(H,5,6). The van der Waals surface area contributed by atoms with Crippen LogP contribution in [0, 0.1) is 5.92 Å². The van der Waals surface area contributed by atoms with Crippen molar-refractivity contribution in [2.24, 2.45) is 5.92 Å². The van der Waals surface area contributed by atoms with E-state index in [0.29, 0.717) is 0 Å². The molecule has 9 heteroatoms. The van der Waals surface area contributed by atoms with Gasteiger partial charge in [0.2, 0.25) is 0 Å². The molecule has 0 spiro atoms. The van der Waals surface area contributed by atoms with Gasteiger partial charge in [-0.05, 0) is 12.3 Å². The van der Waals surface area contributed by atoms with Crippen LogP contribution in [-0.4, -0.2) is 56.9 Å². The van der Waals surface area contributed by atoms with E-state index in [0.717, 1.165) is 12.0 Å². The van der Waals surface area contributed by atoms with Crippen molar-refractivity contribution in [2.45, 2.75) is 12.5 Å². The first kappa shape index (κ1) is 16.6. The Labute approximate surface area is 107 Å². The molecule has 1 aliphatic heterocycles. The number of carbonyl (C=O) groups is 4. The molecule has 0 saturated carbocycles. The van der Waals surface area contributed by atoms with Crippen LogP contribution in [-0.2, 0) is 19.2 Å². The van der Waals surface area contributed by atoms with Crippen molar-refractivity contribution in [3.05, 3.63) is 12.2 Å². The predicted octanol–water partition coefficient (Wildman–Crippen LogP) is -1.15. The van der Waals surface area contributed by atoms with Crippen LogP contribution in [0.2, 0.25) is 0 Å². The SMILES string of the molecule is C1=CC2CC1CN2.O=C(O)C(=O)O.O=C(O)C(=O)O. The van der Waals surface area contributed by atoms with Crippen molar-refractivity contribution in [1.82, 2.24) is 5.32 Å². The number of carboxylic acid groups (broad SMARTS) is 4. The van der Waals surface area contributed by atoms with E-state index in [9.17, 15) is 0 Å². The number of hydrogen-bond acceptors (Lipinski definition) is 5. The molecule has 2 unspecified atom stereocenters. The fraction of sp³-hybridized carbons (Fsp3) is 0.400. The summed E-state index contributed by atoms with van der Waals surface area (Å²) in [5, 5.41) is 32.9. The third-order valence-corrected chi connectivity index (χ3v) is 2.18. The topological polar surface area (TPSA) is 161 Å². The summed E-state index contributed by atoms with van der Waals surface area (Å²) in [6.45, 7) is 1.22. The summed E-state index contributed by atoms with van der Waals surface area (Å²) in [4.78, 5) is 36.4. The van der Waals surface area contributed by atoms with Crippen LogP contribution in [0.3, 0.4) is 0 Å². The monoisotopic (exact) mass is 275 g/mol. The molecule has 1 heterocycles.